The molecule has 0 fully saturated rings. The lowest BCUT2D eigenvalue weighted by molar-refractivity contribution is 0.111. The van der Waals surface area contributed by atoms with Crippen LogP contribution >= 0.6 is 11.6 Å². The van der Waals surface area contributed by atoms with E-state index in [4.69, 9.17) is 16.3 Å². The van der Waals surface area contributed by atoms with E-state index in [0.717, 1.165) is 5.69 Å². The van der Waals surface area contributed by atoms with Gasteiger partial charge in [-0.25, -0.2) is 9.37 Å². The standard InChI is InChI=1S/C14H11ClFNO2/c1-9-2-5-14(13(7-18)17-9)19-8-10-6-11(16)3-4-12(10)15/h2-7H,8H2,1H3. The summed E-state index contributed by atoms with van der Waals surface area (Å²) in [5, 5.41) is 0.411. The number of hydrogen-bond donors (Lipinski definition) is 0. The summed E-state index contributed by atoms with van der Waals surface area (Å²) in [6.45, 7) is 1.85. The van der Waals surface area contributed by atoms with Crippen molar-refractivity contribution in [1.82, 2.24) is 4.98 Å². The minimum Gasteiger partial charge on any atom is -0.486 e. The maximum absolute atomic E-state index is 13.1. The predicted octanol–water partition coefficient (Wildman–Crippen LogP) is 3.57. The molecule has 0 aliphatic rings. The van der Waals surface area contributed by atoms with Crippen molar-refractivity contribution in [3.8, 4) is 5.75 Å². The molecule has 1 heterocycles. The summed E-state index contributed by atoms with van der Waals surface area (Å²) in [5.74, 6) is -0.0402. The first-order chi connectivity index (χ1) is 9.10. The van der Waals surface area contributed by atoms with Gasteiger partial charge in [-0.2, -0.15) is 0 Å². The van der Waals surface area contributed by atoms with Crippen LogP contribution in [-0.2, 0) is 6.61 Å². The molecule has 3 nitrogen and oxygen atoms in total. The maximum Gasteiger partial charge on any atom is 0.172 e. The SMILES string of the molecule is Cc1ccc(OCc2cc(F)ccc2Cl)c(C=O)n1. The van der Waals surface area contributed by atoms with Crippen molar-refractivity contribution in [1.29, 1.82) is 0 Å². The zero-order valence-corrected chi connectivity index (χ0v) is 10.9. The smallest absolute Gasteiger partial charge is 0.172 e. The fourth-order valence-corrected chi connectivity index (χ4v) is 1.75. The fraction of sp³-hybridized carbons (Fsp3) is 0.143. The van der Waals surface area contributed by atoms with Crippen molar-refractivity contribution in [2.24, 2.45) is 0 Å². The van der Waals surface area contributed by atoms with E-state index >= 15 is 0 Å². The average Bonchev–Trinajstić information content (AvgIpc) is 2.40. The second-order valence-electron chi connectivity index (χ2n) is 3.98. The molecular weight excluding hydrogens is 269 g/mol. The van der Waals surface area contributed by atoms with Crippen molar-refractivity contribution in [3.63, 3.8) is 0 Å². The second kappa shape index (κ2) is 5.80. The number of hydrogen-bond acceptors (Lipinski definition) is 3. The molecule has 0 radical (unpaired) electrons. The minimum atomic E-state index is -0.388. The molecule has 0 atom stereocenters. The lowest BCUT2D eigenvalue weighted by Gasteiger charge is -2.09. The van der Waals surface area contributed by atoms with Gasteiger partial charge < -0.3 is 4.74 Å². The van der Waals surface area contributed by atoms with Gasteiger partial charge >= 0.3 is 0 Å². The predicted molar refractivity (Wildman–Crippen MR) is 70.1 cm³/mol. The van der Waals surface area contributed by atoms with Gasteiger partial charge in [0.1, 0.15) is 23.9 Å². The number of halogens is 2. The van der Waals surface area contributed by atoms with Crippen molar-refractivity contribution in [2.75, 3.05) is 0 Å². The lowest BCUT2D eigenvalue weighted by Crippen LogP contribution is -2.01. The summed E-state index contributed by atoms with van der Waals surface area (Å²) in [4.78, 5) is 14.9. The van der Waals surface area contributed by atoms with Crippen molar-refractivity contribution in [2.45, 2.75) is 13.5 Å². The highest BCUT2D eigenvalue weighted by atomic mass is 35.5. The molecule has 5 heteroatoms. The van der Waals surface area contributed by atoms with Gasteiger partial charge in [0.15, 0.2) is 6.29 Å². The molecule has 0 aliphatic heterocycles. The Bertz CT molecular complexity index is 616. The first-order valence-electron chi connectivity index (χ1n) is 5.59. The Hall–Kier alpha value is -1.94. The van der Waals surface area contributed by atoms with E-state index in [1.54, 1.807) is 19.1 Å². The Morgan fingerprint density at radius 1 is 1.37 bits per heavy atom. The quantitative estimate of drug-likeness (QED) is 0.803. The third-order valence-electron chi connectivity index (χ3n) is 2.53. The van der Waals surface area contributed by atoms with Gasteiger partial charge in [0, 0.05) is 16.3 Å². The highest BCUT2D eigenvalue weighted by Gasteiger charge is 2.07. The van der Waals surface area contributed by atoms with Crippen LogP contribution < -0.4 is 4.74 Å². The van der Waals surface area contributed by atoms with Gasteiger partial charge in [0.25, 0.3) is 0 Å². The van der Waals surface area contributed by atoms with Crippen LogP contribution in [0.2, 0.25) is 5.02 Å². The van der Waals surface area contributed by atoms with E-state index in [0.29, 0.717) is 22.6 Å². The molecule has 0 spiro atoms. The topological polar surface area (TPSA) is 39.2 Å². The number of aldehydes is 1. The minimum absolute atomic E-state index is 0.0716. The van der Waals surface area contributed by atoms with Crippen LogP contribution in [0.4, 0.5) is 4.39 Å². The lowest BCUT2D eigenvalue weighted by atomic mass is 10.2. The number of rotatable bonds is 4. The molecule has 1 aromatic heterocycles. The molecule has 2 aromatic rings. The normalized spacial score (nSPS) is 10.3. The Morgan fingerprint density at radius 3 is 2.89 bits per heavy atom. The van der Waals surface area contributed by atoms with Gasteiger partial charge in [0.05, 0.1) is 0 Å². The van der Waals surface area contributed by atoms with Crippen LogP contribution in [0.15, 0.2) is 30.3 Å². The molecule has 0 N–H and O–H groups in total. The Morgan fingerprint density at radius 2 is 2.16 bits per heavy atom. The van der Waals surface area contributed by atoms with Gasteiger partial charge in [-0.15, -0.1) is 0 Å². The van der Waals surface area contributed by atoms with Crippen molar-refractivity contribution >= 4 is 17.9 Å². The number of pyridine rings is 1. The fourth-order valence-electron chi connectivity index (χ4n) is 1.58. The van der Waals surface area contributed by atoms with E-state index in [-0.39, 0.29) is 18.1 Å². The number of benzene rings is 1. The Balaban J connectivity index is 2.18. The number of aromatic nitrogens is 1. The first-order valence-corrected chi connectivity index (χ1v) is 5.97. The molecule has 0 saturated heterocycles. The van der Waals surface area contributed by atoms with Crippen molar-refractivity contribution in [3.05, 3.63) is 58.1 Å². The number of carbonyl (C=O) groups is 1. The second-order valence-corrected chi connectivity index (χ2v) is 4.39. The van der Waals surface area contributed by atoms with Crippen LogP contribution in [0.3, 0.4) is 0 Å². The third-order valence-corrected chi connectivity index (χ3v) is 2.90. The van der Waals surface area contributed by atoms with E-state index < -0.39 is 0 Å². The number of ether oxygens (including phenoxy) is 1. The number of aryl methyl sites for hydroxylation is 1. The van der Waals surface area contributed by atoms with Crippen LogP contribution in [0.1, 0.15) is 21.7 Å². The summed E-state index contributed by atoms with van der Waals surface area (Å²) in [6, 6.07) is 7.42. The maximum atomic E-state index is 13.1. The highest BCUT2D eigenvalue weighted by Crippen LogP contribution is 2.21. The van der Waals surface area contributed by atoms with Gasteiger partial charge in [-0.1, -0.05) is 11.6 Å². The van der Waals surface area contributed by atoms with Crippen molar-refractivity contribution < 1.29 is 13.9 Å². The van der Waals surface area contributed by atoms with Crippen LogP contribution in [-0.4, -0.2) is 11.3 Å². The molecular formula is C14H11ClFNO2. The summed E-state index contributed by atoms with van der Waals surface area (Å²) in [6.07, 6.45) is 0.621. The number of nitrogens with zero attached hydrogens (tertiary/aromatic N) is 1. The molecule has 0 aliphatic carbocycles. The molecule has 0 amide bonds. The van der Waals surface area contributed by atoms with Gasteiger partial charge in [0.2, 0.25) is 0 Å². The van der Waals surface area contributed by atoms with E-state index in [1.807, 2.05) is 0 Å². The Labute approximate surface area is 115 Å². The van der Waals surface area contributed by atoms with Crippen LogP contribution in [0, 0.1) is 12.7 Å². The molecule has 2 rings (SSSR count). The highest BCUT2D eigenvalue weighted by molar-refractivity contribution is 6.31. The first kappa shape index (κ1) is 13.5. The summed E-state index contributed by atoms with van der Waals surface area (Å²) in [7, 11) is 0. The molecule has 0 saturated carbocycles. The summed E-state index contributed by atoms with van der Waals surface area (Å²) in [5.41, 5.74) is 1.45. The molecule has 0 unspecified atom stereocenters. The molecule has 19 heavy (non-hydrogen) atoms. The largest absolute Gasteiger partial charge is 0.486 e. The monoisotopic (exact) mass is 279 g/mol. The third kappa shape index (κ3) is 3.29. The average molecular weight is 280 g/mol. The van der Waals surface area contributed by atoms with Gasteiger partial charge in [-0.05, 0) is 37.3 Å². The summed E-state index contributed by atoms with van der Waals surface area (Å²) >= 11 is 5.93. The van der Waals surface area contributed by atoms with E-state index in [1.165, 1.54) is 18.2 Å². The zero-order valence-electron chi connectivity index (χ0n) is 10.2. The molecule has 1 aromatic carbocycles. The Kier molecular flexibility index (Phi) is 4.12. The number of carbonyl (C=O) groups excluding carboxylic acids is 1. The van der Waals surface area contributed by atoms with Crippen LogP contribution in [0.25, 0.3) is 0 Å². The zero-order chi connectivity index (χ0) is 13.8. The molecule has 0 bridgehead atoms. The van der Waals surface area contributed by atoms with Gasteiger partial charge in [-0.3, -0.25) is 4.79 Å². The molecule has 98 valence electrons. The van der Waals surface area contributed by atoms with E-state index in [2.05, 4.69) is 4.98 Å². The van der Waals surface area contributed by atoms with Crippen LogP contribution in [0.5, 0.6) is 5.75 Å². The summed E-state index contributed by atoms with van der Waals surface area (Å²) < 4.78 is 18.5. The van der Waals surface area contributed by atoms with E-state index in [9.17, 15) is 9.18 Å².